The molecule has 2 N–H and O–H groups in total. The molecule has 0 unspecified atom stereocenters. The van der Waals surface area contributed by atoms with Crippen LogP contribution in [0.15, 0.2) is 55.8 Å². The summed E-state index contributed by atoms with van der Waals surface area (Å²) in [6.45, 7) is 0. The van der Waals surface area contributed by atoms with Crippen molar-refractivity contribution >= 4 is 24.2 Å². The lowest BCUT2D eigenvalue weighted by Crippen LogP contribution is -2.18. The van der Waals surface area contributed by atoms with Gasteiger partial charge in [0.05, 0.1) is 25.0 Å². The van der Waals surface area contributed by atoms with E-state index in [2.05, 4.69) is 21.1 Å². The molecule has 0 saturated carbocycles. The van der Waals surface area contributed by atoms with Gasteiger partial charge in [-0.15, -0.1) is 0 Å². The van der Waals surface area contributed by atoms with Crippen LogP contribution >= 0.6 is 0 Å². The molecule has 0 aromatic carbocycles. The van der Waals surface area contributed by atoms with E-state index in [4.69, 9.17) is 8.83 Å². The van der Waals surface area contributed by atoms with Crippen LogP contribution in [0.5, 0.6) is 0 Å². The Balaban J connectivity index is 1.52. The molecule has 2 heterocycles. The van der Waals surface area contributed by atoms with E-state index in [0.29, 0.717) is 37.2 Å². The van der Waals surface area contributed by atoms with Gasteiger partial charge in [0.15, 0.2) is 0 Å². The van der Waals surface area contributed by atoms with Crippen molar-refractivity contribution in [1.29, 1.82) is 0 Å². The van der Waals surface area contributed by atoms with E-state index in [1.165, 1.54) is 25.0 Å². The van der Waals surface area contributed by atoms with Crippen LogP contribution < -0.4 is 10.9 Å². The molecule has 2 aromatic rings. The number of hydrogen-bond donors (Lipinski definition) is 2. The number of furan rings is 2. The molecule has 2 rings (SSSR count). The van der Waals surface area contributed by atoms with E-state index in [1.807, 2.05) is 0 Å². The fraction of sp³-hybridized carbons (Fsp3) is 0.250. The van der Waals surface area contributed by atoms with Crippen molar-refractivity contribution in [3.63, 3.8) is 0 Å². The molecule has 0 saturated heterocycles. The van der Waals surface area contributed by atoms with E-state index in [0.717, 1.165) is 0 Å². The minimum absolute atomic E-state index is 0.214. The summed E-state index contributed by atoms with van der Waals surface area (Å²) in [5.41, 5.74) is 4.79. The number of amides is 2. The third-order valence-electron chi connectivity index (χ3n) is 2.91. The summed E-state index contributed by atoms with van der Waals surface area (Å²) in [7, 11) is 0. The average Bonchev–Trinajstić information content (AvgIpc) is 3.25. The molecule has 0 aliphatic carbocycles. The van der Waals surface area contributed by atoms with Crippen molar-refractivity contribution < 1.29 is 18.4 Å². The Kier molecular flexibility index (Phi) is 7.00. The largest absolute Gasteiger partial charge is 0.463 e. The van der Waals surface area contributed by atoms with E-state index in [-0.39, 0.29) is 11.8 Å². The highest BCUT2D eigenvalue weighted by atomic mass is 16.3. The molecule has 2 amide bonds. The predicted molar refractivity (Wildman–Crippen MR) is 87.4 cm³/mol. The van der Waals surface area contributed by atoms with E-state index >= 15 is 0 Å². The summed E-state index contributed by atoms with van der Waals surface area (Å²) in [5, 5.41) is 7.53. The lowest BCUT2D eigenvalue weighted by molar-refractivity contribution is -0.123. The smallest absolute Gasteiger partial charge is 0.240 e. The van der Waals surface area contributed by atoms with E-state index in [1.54, 1.807) is 24.3 Å². The summed E-state index contributed by atoms with van der Waals surface area (Å²) in [6.07, 6.45) is 7.62. The maximum atomic E-state index is 11.5. The number of nitrogens with one attached hydrogen (secondary N) is 2. The fourth-order valence-corrected chi connectivity index (χ4v) is 1.75. The molecule has 2 aromatic heterocycles. The highest BCUT2D eigenvalue weighted by molar-refractivity contribution is 5.81. The van der Waals surface area contributed by atoms with E-state index in [9.17, 15) is 9.59 Å². The molecule has 0 spiro atoms. The highest BCUT2D eigenvalue weighted by Crippen LogP contribution is 2.00. The molecule has 24 heavy (non-hydrogen) atoms. The predicted octanol–water partition coefficient (Wildman–Crippen LogP) is 2.03. The Morgan fingerprint density at radius 2 is 1.33 bits per heavy atom. The van der Waals surface area contributed by atoms with Crippen molar-refractivity contribution in [3.8, 4) is 0 Å². The minimum Gasteiger partial charge on any atom is -0.463 e. The van der Waals surface area contributed by atoms with Crippen LogP contribution in [0.3, 0.4) is 0 Å². The van der Waals surface area contributed by atoms with Crippen LogP contribution in [-0.2, 0) is 9.59 Å². The lowest BCUT2D eigenvalue weighted by Gasteiger charge is -2.00. The van der Waals surface area contributed by atoms with Gasteiger partial charge in [0.1, 0.15) is 11.5 Å². The number of carbonyl (C=O) groups is 2. The lowest BCUT2D eigenvalue weighted by atomic mass is 10.2. The number of hydrogen-bond acceptors (Lipinski definition) is 6. The second-order valence-electron chi connectivity index (χ2n) is 4.82. The third kappa shape index (κ3) is 6.73. The maximum absolute atomic E-state index is 11.5. The van der Waals surface area contributed by atoms with Gasteiger partial charge in [0.25, 0.3) is 0 Å². The second-order valence-corrected chi connectivity index (χ2v) is 4.82. The molecule has 8 heteroatoms. The zero-order chi connectivity index (χ0) is 17.0. The minimum atomic E-state index is -0.214. The van der Waals surface area contributed by atoms with Crippen LogP contribution in [-0.4, -0.2) is 24.2 Å². The van der Waals surface area contributed by atoms with Crippen molar-refractivity contribution in [2.45, 2.75) is 25.7 Å². The molecule has 0 bridgehead atoms. The first-order valence-corrected chi connectivity index (χ1v) is 7.45. The first kappa shape index (κ1) is 17.2. The molecule has 0 fully saturated rings. The molecule has 126 valence electrons. The molecule has 8 nitrogen and oxygen atoms in total. The van der Waals surface area contributed by atoms with Gasteiger partial charge >= 0.3 is 0 Å². The molecule has 0 aliphatic rings. The Morgan fingerprint density at radius 1 is 0.875 bits per heavy atom. The van der Waals surface area contributed by atoms with Gasteiger partial charge in [-0.05, 0) is 37.1 Å². The van der Waals surface area contributed by atoms with Gasteiger partial charge in [0, 0.05) is 12.8 Å². The Labute approximate surface area is 138 Å². The van der Waals surface area contributed by atoms with Crippen LogP contribution in [0.25, 0.3) is 0 Å². The zero-order valence-electron chi connectivity index (χ0n) is 13.0. The molecule has 0 radical (unpaired) electrons. The standard InChI is InChI=1S/C16H18N4O4/c21-15(19-17-11-13-5-3-9-23-13)7-1-2-8-16(22)20-18-12-14-6-4-10-24-14/h3-6,9-12H,1-2,7-8H2,(H,19,21)(H,20,22)/b17-11+,18-12+. The zero-order valence-corrected chi connectivity index (χ0v) is 13.0. The van der Waals surface area contributed by atoms with Crippen molar-refractivity contribution in [1.82, 2.24) is 10.9 Å². The fourth-order valence-electron chi connectivity index (χ4n) is 1.75. The number of hydrazone groups is 2. The Bertz CT molecular complexity index is 615. The molecular weight excluding hydrogens is 312 g/mol. The number of nitrogens with zero attached hydrogens (tertiary/aromatic N) is 2. The summed E-state index contributed by atoms with van der Waals surface area (Å²) < 4.78 is 10.1. The Hall–Kier alpha value is -3.16. The van der Waals surface area contributed by atoms with Gasteiger partial charge in [-0.1, -0.05) is 0 Å². The Morgan fingerprint density at radius 3 is 1.71 bits per heavy atom. The van der Waals surface area contributed by atoms with Gasteiger partial charge in [-0.3, -0.25) is 9.59 Å². The van der Waals surface area contributed by atoms with Crippen LogP contribution in [0.2, 0.25) is 0 Å². The summed E-state index contributed by atoms with van der Waals surface area (Å²) in [5.74, 6) is 0.687. The summed E-state index contributed by atoms with van der Waals surface area (Å²) in [6, 6.07) is 6.91. The van der Waals surface area contributed by atoms with Crippen molar-refractivity contribution in [3.05, 3.63) is 48.3 Å². The van der Waals surface area contributed by atoms with Gasteiger partial charge < -0.3 is 8.83 Å². The number of rotatable bonds is 9. The van der Waals surface area contributed by atoms with Gasteiger partial charge in [0.2, 0.25) is 11.8 Å². The van der Waals surface area contributed by atoms with Crippen molar-refractivity contribution in [2.24, 2.45) is 10.2 Å². The SMILES string of the molecule is O=C(CCCCC(=O)N/N=C/c1ccco1)N/N=C/c1ccco1. The van der Waals surface area contributed by atoms with E-state index < -0.39 is 0 Å². The number of unbranched alkanes of at least 4 members (excludes halogenated alkanes) is 1. The molecular formula is C16H18N4O4. The number of carbonyl (C=O) groups excluding carboxylic acids is 2. The van der Waals surface area contributed by atoms with Crippen LogP contribution in [0.4, 0.5) is 0 Å². The summed E-state index contributed by atoms with van der Waals surface area (Å²) in [4.78, 5) is 23.1. The quantitative estimate of drug-likeness (QED) is 0.416. The summed E-state index contributed by atoms with van der Waals surface area (Å²) >= 11 is 0. The van der Waals surface area contributed by atoms with Crippen LogP contribution in [0, 0.1) is 0 Å². The second kappa shape index (κ2) is 9.78. The molecule has 0 atom stereocenters. The van der Waals surface area contributed by atoms with Crippen molar-refractivity contribution in [2.75, 3.05) is 0 Å². The third-order valence-corrected chi connectivity index (χ3v) is 2.91. The topological polar surface area (TPSA) is 109 Å². The average molecular weight is 330 g/mol. The van der Waals surface area contributed by atoms with Crippen LogP contribution in [0.1, 0.15) is 37.2 Å². The highest BCUT2D eigenvalue weighted by Gasteiger charge is 2.03. The first-order valence-electron chi connectivity index (χ1n) is 7.45. The first-order chi connectivity index (χ1) is 11.7. The van der Waals surface area contributed by atoms with Gasteiger partial charge in [-0.2, -0.15) is 10.2 Å². The molecule has 0 aliphatic heterocycles. The van der Waals surface area contributed by atoms with Gasteiger partial charge in [-0.25, -0.2) is 10.9 Å². The monoisotopic (exact) mass is 330 g/mol. The normalized spacial score (nSPS) is 11.2. The maximum Gasteiger partial charge on any atom is 0.240 e.